The number of nitrogens with zero attached hydrogens (tertiary/aromatic N) is 4. The van der Waals surface area contributed by atoms with Crippen LogP contribution in [0.15, 0.2) is 29.4 Å². The van der Waals surface area contributed by atoms with Crippen molar-refractivity contribution >= 4 is 17.7 Å². The highest BCUT2D eigenvalue weighted by Crippen LogP contribution is 2.27. The summed E-state index contributed by atoms with van der Waals surface area (Å²) < 4.78 is 26.5. The van der Waals surface area contributed by atoms with E-state index >= 15 is 0 Å². The van der Waals surface area contributed by atoms with Gasteiger partial charge in [0.05, 0.1) is 17.9 Å². The second kappa shape index (κ2) is 9.70. The summed E-state index contributed by atoms with van der Waals surface area (Å²) in [6.45, 7) is 4.28. The van der Waals surface area contributed by atoms with Crippen molar-refractivity contribution in [1.29, 1.82) is 0 Å². The van der Waals surface area contributed by atoms with Gasteiger partial charge in [-0.1, -0.05) is 23.9 Å². The largest absolute Gasteiger partial charge is 0.483 e. The number of rotatable bonds is 9. The molecular formula is C18H25FN4O3S. The molecule has 1 aromatic carbocycles. The summed E-state index contributed by atoms with van der Waals surface area (Å²) in [6, 6.07) is 6.12. The van der Waals surface area contributed by atoms with E-state index in [9.17, 15) is 9.18 Å². The highest BCUT2D eigenvalue weighted by atomic mass is 32.2. The number of hydrogen-bond donors (Lipinski definition) is 0. The molecule has 7 nitrogen and oxygen atoms in total. The number of para-hydroxylation sites is 1. The molecule has 0 saturated carbocycles. The Morgan fingerprint density at radius 1 is 1.30 bits per heavy atom. The Hall–Kier alpha value is -2.13. The molecule has 0 spiro atoms. The minimum Gasteiger partial charge on any atom is -0.483 e. The van der Waals surface area contributed by atoms with Gasteiger partial charge in [-0.15, -0.1) is 10.2 Å². The molecule has 1 amide bonds. The zero-order chi connectivity index (χ0) is 20.0. The lowest BCUT2D eigenvalue weighted by Crippen LogP contribution is -2.30. The number of aromatic nitrogens is 3. The molecular weight excluding hydrogens is 371 g/mol. The van der Waals surface area contributed by atoms with Crippen molar-refractivity contribution < 1.29 is 18.7 Å². The van der Waals surface area contributed by atoms with Crippen molar-refractivity contribution in [1.82, 2.24) is 19.7 Å². The van der Waals surface area contributed by atoms with Gasteiger partial charge in [-0.3, -0.25) is 9.36 Å². The molecule has 0 aliphatic carbocycles. The van der Waals surface area contributed by atoms with Gasteiger partial charge in [-0.25, -0.2) is 4.39 Å². The SMILES string of the molecule is COC[C@H](C)n1c(COc2ccccc2F)nnc1S[C@H](C)C(=O)N(C)C. The normalized spacial score (nSPS) is 13.3. The monoisotopic (exact) mass is 396 g/mol. The first-order valence-corrected chi connectivity index (χ1v) is 9.41. The van der Waals surface area contributed by atoms with Crippen LogP contribution in [0.3, 0.4) is 0 Å². The molecule has 1 heterocycles. The maximum absolute atomic E-state index is 13.8. The van der Waals surface area contributed by atoms with Crippen LogP contribution in [0.1, 0.15) is 25.7 Å². The average molecular weight is 396 g/mol. The molecule has 0 fully saturated rings. The van der Waals surface area contributed by atoms with Gasteiger partial charge in [-0.2, -0.15) is 0 Å². The van der Waals surface area contributed by atoms with Gasteiger partial charge in [0.1, 0.15) is 6.61 Å². The number of carbonyl (C=O) groups is 1. The van der Waals surface area contributed by atoms with Crippen LogP contribution >= 0.6 is 11.8 Å². The van der Waals surface area contributed by atoms with Crippen molar-refractivity contribution in [3.63, 3.8) is 0 Å². The fourth-order valence-corrected chi connectivity index (χ4v) is 3.64. The fraction of sp³-hybridized carbons (Fsp3) is 0.500. The number of halogens is 1. The van der Waals surface area contributed by atoms with E-state index in [-0.39, 0.29) is 29.6 Å². The van der Waals surface area contributed by atoms with E-state index < -0.39 is 5.82 Å². The topological polar surface area (TPSA) is 69.5 Å². The maximum atomic E-state index is 13.8. The van der Waals surface area contributed by atoms with E-state index in [1.165, 1.54) is 17.8 Å². The molecule has 0 aliphatic rings. The van der Waals surface area contributed by atoms with Crippen LogP contribution < -0.4 is 4.74 Å². The summed E-state index contributed by atoms with van der Waals surface area (Å²) in [5, 5.41) is 8.67. The van der Waals surface area contributed by atoms with Gasteiger partial charge >= 0.3 is 0 Å². The van der Waals surface area contributed by atoms with E-state index in [1.54, 1.807) is 44.3 Å². The highest BCUT2D eigenvalue weighted by molar-refractivity contribution is 8.00. The first-order chi connectivity index (χ1) is 12.8. The molecule has 0 aliphatic heterocycles. The number of benzene rings is 1. The van der Waals surface area contributed by atoms with Gasteiger partial charge in [0, 0.05) is 21.2 Å². The Bertz CT molecular complexity index is 769. The molecule has 148 valence electrons. The third kappa shape index (κ3) is 5.43. The maximum Gasteiger partial charge on any atom is 0.235 e. The first kappa shape index (κ1) is 21.2. The van der Waals surface area contributed by atoms with Crippen LogP contribution in [0.25, 0.3) is 0 Å². The lowest BCUT2D eigenvalue weighted by Gasteiger charge is -2.20. The lowest BCUT2D eigenvalue weighted by atomic mass is 10.3. The number of hydrogen-bond acceptors (Lipinski definition) is 6. The average Bonchev–Trinajstić information content (AvgIpc) is 3.03. The number of ether oxygens (including phenoxy) is 2. The second-order valence-electron chi connectivity index (χ2n) is 6.29. The Balaban J connectivity index is 2.22. The molecule has 0 bridgehead atoms. The highest BCUT2D eigenvalue weighted by Gasteiger charge is 2.24. The van der Waals surface area contributed by atoms with Gasteiger partial charge in [-0.05, 0) is 26.0 Å². The molecule has 0 N–H and O–H groups in total. The predicted molar refractivity (Wildman–Crippen MR) is 101 cm³/mol. The van der Waals surface area contributed by atoms with Crippen LogP contribution in [0, 0.1) is 5.82 Å². The molecule has 0 unspecified atom stereocenters. The van der Waals surface area contributed by atoms with Crippen molar-refractivity contribution in [2.45, 2.75) is 36.9 Å². The molecule has 0 radical (unpaired) electrons. The fourth-order valence-electron chi connectivity index (χ4n) is 2.52. The van der Waals surface area contributed by atoms with Crippen LogP contribution in [0.5, 0.6) is 5.75 Å². The Kier molecular flexibility index (Phi) is 7.61. The third-order valence-electron chi connectivity index (χ3n) is 3.85. The van der Waals surface area contributed by atoms with Gasteiger partial charge in [0.2, 0.25) is 5.91 Å². The zero-order valence-electron chi connectivity index (χ0n) is 16.2. The number of amides is 1. The summed E-state index contributed by atoms with van der Waals surface area (Å²) in [5.41, 5.74) is 0. The van der Waals surface area contributed by atoms with Gasteiger partial charge in [0.15, 0.2) is 22.5 Å². The summed E-state index contributed by atoms with van der Waals surface area (Å²) in [7, 11) is 5.04. The standard InChI is InChI=1S/C18H25FN4O3S/c1-12(10-25-5)23-16(11-26-15-9-7-6-8-14(15)19)20-21-18(23)27-13(2)17(24)22(3)4/h6-9,12-13H,10-11H2,1-5H3/t12-,13+/m0/s1. The Morgan fingerprint density at radius 2 is 2.00 bits per heavy atom. The zero-order valence-corrected chi connectivity index (χ0v) is 17.0. The molecule has 2 aromatic rings. The summed E-state index contributed by atoms with van der Waals surface area (Å²) in [5.74, 6) is 0.234. The molecule has 9 heteroatoms. The van der Waals surface area contributed by atoms with Crippen molar-refractivity contribution in [3.8, 4) is 5.75 Å². The molecule has 0 saturated heterocycles. The predicted octanol–water partition coefficient (Wildman–Crippen LogP) is 2.77. The lowest BCUT2D eigenvalue weighted by molar-refractivity contribution is -0.127. The van der Waals surface area contributed by atoms with Gasteiger partial charge in [0.25, 0.3) is 0 Å². The van der Waals surface area contributed by atoms with Crippen molar-refractivity contribution in [2.75, 3.05) is 27.8 Å². The summed E-state index contributed by atoms with van der Waals surface area (Å²) in [4.78, 5) is 13.7. The molecule has 2 atom stereocenters. The number of carbonyl (C=O) groups excluding carboxylic acids is 1. The molecule has 27 heavy (non-hydrogen) atoms. The molecule has 1 aromatic heterocycles. The quantitative estimate of drug-likeness (QED) is 0.607. The second-order valence-corrected chi connectivity index (χ2v) is 7.59. The first-order valence-electron chi connectivity index (χ1n) is 8.53. The number of methoxy groups -OCH3 is 1. The van der Waals surface area contributed by atoms with E-state index in [2.05, 4.69) is 10.2 Å². The van der Waals surface area contributed by atoms with Crippen molar-refractivity contribution in [3.05, 3.63) is 35.9 Å². The van der Waals surface area contributed by atoms with Crippen LogP contribution in [0.4, 0.5) is 4.39 Å². The van der Waals surface area contributed by atoms with Crippen LogP contribution in [-0.4, -0.2) is 58.6 Å². The Morgan fingerprint density at radius 3 is 2.63 bits per heavy atom. The van der Waals surface area contributed by atoms with E-state index in [1.807, 2.05) is 18.4 Å². The van der Waals surface area contributed by atoms with E-state index in [0.717, 1.165) is 0 Å². The van der Waals surface area contributed by atoms with Crippen LogP contribution in [0.2, 0.25) is 0 Å². The smallest absolute Gasteiger partial charge is 0.235 e. The van der Waals surface area contributed by atoms with E-state index in [4.69, 9.17) is 9.47 Å². The minimum atomic E-state index is -0.437. The molecule has 2 rings (SSSR count). The van der Waals surface area contributed by atoms with E-state index in [0.29, 0.717) is 17.6 Å². The third-order valence-corrected chi connectivity index (χ3v) is 4.89. The minimum absolute atomic E-state index is 0.0156. The van der Waals surface area contributed by atoms with Gasteiger partial charge < -0.3 is 14.4 Å². The van der Waals surface area contributed by atoms with Crippen LogP contribution in [-0.2, 0) is 16.1 Å². The van der Waals surface area contributed by atoms with Crippen molar-refractivity contribution in [2.24, 2.45) is 0 Å². The summed E-state index contributed by atoms with van der Waals surface area (Å²) >= 11 is 1.32. The Labute approximate surface area is 162 Å². The summed E-state index contributed by atoms with van der Waals surface area (Å²) in [6.07, 6.45) is 0. The number of thioether (sulfide) groups is 1.